The summed E-state index contributed by atoms with van der Waals surface area (Å²) in [6.45, 7) is 3.48. The van der Waals surface area contributed by atoms with Crippen molar-refractivity contribution in [1.29, 1.82) is 0 Å². The smallest absolute Gasteiger partial charge is 0.463 e. The Morgan fingerprint density at radius 3 is 1.66 bits per heavy atom. The van der Waals surface area contributed by atoms with E-state index in [2.05, 4.69) is 43.5 Å². The molecule has 0 aliphatic rings. The van der Waals surface area contributed by atoms with Crippen LogP contribution in [0.2, 0.25) is 0 Å². The third kappa shape index (κ3) is 35.6. The van der Waals surface area contributed by atoms with E-state index < -0.39 is 26.5 Å². The topological polar surface area (TPSA) is 131 Å². The molecule has 2 unspecified atom stereocenters. The zero-order chi connectivity index (χ0) is 34.7. The van der Waals surface area contributed by atoms with Gasteiger partial charge in [0.25, 0.3) is 0 Å². The largest absolute Gasteiger partial charge is 0.472 e. The average molecular weight is 688 g/mol. The molecule has 10 heteroatoms. The average Bonchev–Trinajstić information content (AvgIpc) is 3.05. The van der Waals surface area contributed by atoms with Gasteiger partial charge >= 0.3 is 13.8 Å². The van der Waals surface area contributed by atoms with Crippen LogP contribution in [-0.2, 0) is 27.9 Å². The number of carbonyl (C=O) groups is 2. The molecule has 0 aromatic heterocycles. The number of aliphatic hydroxyl groups is 1. The normalized spacial score (nSPS) is 13.7. The number of unbranched alkanes of at least 4 members (excludes halogenated alkanes) is 18. The third-order valence-corrected chi connectivity index (χ3v) is 8.84. The number of ether oxygens (including phenoxy) is 1. The fourth-order valence-corrected chi connectivity index (χ4v) is 5.70. The second-order valence-corrected chi connectivity index (χ2v) is 14.0. The summed E-state index contributed by atoms with van der Waals surface area (Å²) in [4.78, 5) is 33.7. The van der Waals surface area contributed by atoms with E-state index in [0.717, 1.165) is 70.6 Å². The van der Waals surface area contributed by atoms with Crippen molar-refractivity contribution in [3.05, 3.63) is 24.3 Å². The predicted octanol–water partition coefficient (Wildman–Crippen LogP) is 9.65. The zero-order valence-electron chi connectivity index (χ0n) is 30.0. The quantitative estimate of drug-likeness (QED) is 0.0260. The van der Waals surface area contributed by atoms with E-state index in [-0.39, 0.29) is 32.1 Å². The first-order valence-electron chi connectivity index (χ1n) is 18.8. The molecule has 9 nitrogen and oxygen atoms in total. The maximum Gasteiger partial charge on any atom is 0.472 e. The van der Waals surface area contributed by atoms with Gasteiger partial charge in [-0.1, -0.05) is 122 Å². The lowest BCUT2D eigenvalue weighted by Gasteiger charge is -2.15. The van der Waals surface area contributed by atoms with Crippen molar-refractivity contribution in [3.8, 4) is 0 Å². The molecule has 1 amide bonds. The first-order chi connectivity index (χ1) is 22.8. The Labute approximate surface area is 287 Å². The lowest BCUT2D eigenvalue weighted by atomic mass is 10.1. The Morgan fingerprint density at radius 1 is 0.638 bits per heavy atom. The van der Waals surface area contributed by atoms with Crippen molar-refractivity contribution in [2.45, 2.75) is 174 Å². The number of amides is 1. The molecule has 2 atom stereocenters. The van der Waals surface area contributed by atoms with E-state index in [4.69, 9.17) is 13.8 Å². The summed E-state index contributed by atoms with van der Waals surface area (Å²) in [5.74, 6) is -0.536. The minimum absolute atomic E-state index is 0.0770. The van der Waals surface area contributed by atoms with Gasteiger partial charge in [-0.15, -0.1) is 0 Å². The van der Waals surface area contributed by atoms with Crippen molar-refractivity contribution >= 4 is 19.7 Å². The van der Waals surface area contributed by atoms with Crippen molar-refractivity contribution < 1.29 is 37.9 Å². The number of carbonyl (C=O) groups excluding carboxylic acids is 2. The molecule has 276 valence electrons. The van der Waals surface area contributed by atoms with E-state index in [1.807, 2.05) is 0 Å². The Bertz CT molecular complexity index is 835. The summed E-state index contributed by atoms with van der Waals surface area (Å²) in [7, 11) is -4.41. The fourth-order valence-electron chi connectivity index (χ4n) is 4.94. The minimum atomic E-state index is -4.41. The summed E-state index contributed by atoms with van der Waals surface area (Å²) in [6, 6.07) is 0. The van der Waals surface area contributed by atoms with Crippen LogP contribution in [0.4, 0.5) is 0 Å². The molecule has 0 bridgehead atoms. The molecule has 0 saturated heterocycles. The number of hydrogen-bond acceptors (Lipinski definition) is 7. The fraction of sp³-hybridized carbons (Fsp3) is 0.838. The van der Waals surface area contributed by atoms with Crippen LogP contribution in [0.3, 0.4) is 0 Å². The Kier molecular flexibility index (Phi) is 33.3. The molecule has 0 rings (SSSR count). The van der Waals surface area contributed by atoms with Crippen LogP contribution in [-0.4, -0.2) is 54.3 Å². The number of phosphoric acid groups is 1. The van der Waals surface area contributed by atoms with E-state index in [0.29, 0.717) is 6.42 Å². The maximum absolute atomic E-state index is 12.0. The number of allylic oxidation sites excluding steroid dienone is 4. The molecule has 0 fully saturated rings. The van der Waals surface area contributed by atoms with Gasteiger partial charge in [-0.2, -0.15) is 0 Å². The number of phosphoric ester groups is 1. The first-order valence-corrected chi connectivity index (χ1v) is 20.3. The lowest BCUT2D eigenvalue weighted by Crippen LogP contribution is -2.27. The SMILES string of the molecule is CCCC/C=C\CCCCCCCC(=O)NCCOP(=O)(O)OCC(O)COC(=O)CCCCCCC/C=C\CCCCCCCC. The lowest BCUT2D eigenvalue weighted by molar-refractivity contribution is -0.147. The molecule has 0 spiro atoms. The summed E-state index contributed by atoms with van der Waals surface area (Å²) in [6.07, 6.45) is 33.9. The first kappa shape index (κ1) is 45.5. The molecule has 47 heavy (non-hydrogen) atoms. The van der Waals surface area contributed by atoms with Crippen molar-refractivity contribution in [2.24, 2.45) is 0 Å². The van der Waals surface area contributed by atoms with Gasteiger partial charge in [0.1, 0.15) is 12.7 Å². The van der Waals surface area contributed by atoms with Crippen LogP contribution in [0.25, 0.3) is 0 Å². The molecule has 0 aromatic rings. The molecular weight excluding hydrogens is 617 g/mol. The van der Waals surface area contributed by atoms with Gasteiger partial charge in [-0.25, -0.2) is 4.57 Å². The molecule has 3 N–H and O–H groups in total. The van der Waals surface area contributed by atoms with Crippen LogP contribution < -0.4 is 5.32 Å². The highest BCUT2D eigenvalue weighted by Gasteiger charge is 2.23. The Morgan fingerprint density at radius 2 is 1.11 bits per heavy atom. The van der Waals surface area contributed by atoms with E-state index in [9.17, 15) is 24.2 Å². The van der Waals surface area contributed by atoms with Crippen molar-refractivity contribution in [1.82, 2.24) is 5.32 Å². The van der Waals surface area contributed by atoms with E-state index in [1.165, 1.54) is 70.6 Å². The second kappa shape index (κ2) is 34.4. The summed E-state index contributed by atoms with van der Waals surface area (Å²) < 4.78 is 26.7. The molecule has 0 radical (unpaired) electrons. The predicted molar refractivity (Wildman–Crippen MR) is 192 cm³/mol. The summed E-state index contributed by atoms with van der Waals surface area (Å²) in [5, 5.41) is 12.6. The maximum atomic E-state index is 12.0. The van der Waals surface area contributed by atoms with Gasteiger partial charge in [0.2, 0.25) is 5.91 Å². The molecule has 0 saturated carbocycles. The standard InChI is InChI=1S/C37H70NO8P/c1-3-5-7-9-11-13-15-16-17-18-20-22-24-26-28-30-37(41)44-33-35(39)34-46-47(42,43)45-32-31-38-36(40)29-27-25-23-21-19-14-12-10-8-6-4-2/h10,12,16-17,35,39H,3-9,11,13-15,18-34H2,1-2H3,(H,38,40)(H,42,43)/b12-10-,17-16-. The van der Waals surface area contributed by atoms with Crippen LogP contribution in [0.5, 0.6) is 0 Å². The number of rotatable bonds is 35. The summed E-state index contributed by atoms with van der Waals surface area (Å²) >= 11 is 0. The third-order valence-electron chi connectivity index (χ3n) is 7.85. The van der Waals surface area contributed by atoms with Gasteiger partial charge in [0.15, 0.2) is 0 Å². The van der Waals surface area contributed by atoms with Crippen molar-refractivity contribution in [2.75, 3.05) is 26.4 Å². The minimum Gasteiger partial charge on any atom is -0.463 e. The number of hydrogen-bond donors (Lipinski definition) is 3. The van der Waals surface area contributed by atoms with E-state index >= 15 is 0 Å². The highest BCUT2D eigenvalue weighted by atomic mass is 31.2. The van der Waals surface area contributed by atoms with Crippen LogP contribution in [0.1, 0.15) is 168 Å². The zero-order valence-corrected chi connectivity index (χ0v) is 30.9. The number of nitrogens with one attached hydrogen (secondary N) is 1. The molecule has 0 aliphatic heterocycles. The van der Waals surface area contributed by atoms with Crippen molar-refractivity contribution in [3.63, 3.8) is 0 Å². The van der Waals surface area contributed by atoms with Gasteiger partial charge in [-0.05, 0) is 57.8 Å². The Balaban J connectivity index is 3.64. The molecule has 0 aliphatic carbocycles. The van der Waals surface area contributed by atoms with Gasteiger partial charge in [0, 0.05) is 19.4 Å². The van der Waals surface area contributed by atoms with E-state index in [1.54, 1.807) is 0 Å². The van der Waals surface area contributed by atoms with Crippen LogP contribution in [0, 0.1) is 0 Å². The molecule has 0 heterocycles. The summed E-state index contributed by atoms with van der Waals surface area (Å²) in [5.41, 5.74) is 0. The highest BCUT2D eigenvalue weighted by molar-refractivity contribution is 7.47. The van der Waals surface area contributed by atoms with Crippen LogP contribution >= 0.6 is 7.82 Å². The van der Waals surface area contributed by atoms with Gasteiger partial charge < -0.3 is 20.1 Å². The Hall–Kier alpha value is -1.51. The number of esters is 1. The molecular formula is C37H70NO8P. The molecule has 0 aromatic carbocycles. The van der Waals surface area contributed by atoms with Crippen LogP contribution in [0.15, 0.2) is 24.3 Å². The monoisotopic (exact) mass is 687 g/mol. The highest BCUT2D eigenvalue weighted by Crippen LogP contribution is 2.42. The van der Waals surface area contributed by atoms with Gasteiger partial charge in [-0.3, -0.25) is 18.6 Å². The number of aliphatic hydroxyl groups excluding tert-OH is 1. The van der Waals surface area contributed by atoms with Gasteiger partial charge in [0.05, 0.1) is 13.2 Å². The second-order valence-electron chi connectivity index (χ2n) is 12.5.